The zero-order valence-electron chi connectivity index (χ0n) is 6.91. The van der Waals surface area contributed by atoms with Crippen molar-refractivity contribution in [1.82, 2.24) is 4.98 Å². The maximum absolute atomic E-state index is 5.53. The van der Waals surface area contributed by atoms with Gasteiger partial charge in [-0.2, -0.15) is 0 Å². The Morgan fingerprint density at radius 2 is 2.33 bits per heavy atom. The molecule has 0 aromatic carbocycles. The third-order valence-electron chi connectivity index (χ3n) is 1.48. The third-order valence-corrected chi connectivity index (χ3v) is 1.75. The smallest absolute Gasteiger partial charge is 0.0626 e. The Morgan fingerprint density at radius 1 is 1.42 bits per heavy atom. The minimum absolute atomic E-state index is 0.729. The van der Waals surface area contributed by atoms with Gasteiger partial charge < -0.3 is 0 Å². The Hall–Kier alpha value is -0.820. The summed E-state index contributed by atoms with van der Waals surface area (Å²) in [5.41, 5.74) is 1.01. The first kappa shape index (κ1) is 9.27. The average molecular weight is 182 g/mol. The zero-order valence-corrected chi connectivity index (χ0v) is 7.67. The van der Waals surface area contributed by atoms with E-state index in [1.54, 1.807) is 6.20 Å². The molecule has 0 atom stereocenters. The second-order valence-corrected chi connectivity index (χ2v) is 2.87. The number of halogens is 1. The fraction of sp³-hybridized carbons (Fsp3) is 0.300. The van der Waals surface area contributed by atoms with Crippen LogP contribution in [0, 0.1) is 0 Å². The molecule has 1 rings (SSSR count). The van der Waals surface area contributed by atoms with Gasteiger partial charge in [0.25, 0.3) is 0 Å². The lowest BCUT2D eigenvalue weighted by atomic mass is 10.2. The van der Waals surface area contributed by atoms with Gasteiger partial charge in [-0.05, 0) is 31.1 Å². The van der Waals surface area contributed by atoms with Gasteiger partial charge in [0.15, 0.2) is 0 Å². The molecule has 64 valence electrons. The largest absolute Gasteiger partial charge is 0.257 e. The fourth-order valence-electron chi connectivity index (χ4n) is 0.874. The van der Waals surface area contributed by atoms with Crippen molar-refractivity contribution in [3.05, 3.63) is 36.2 Å². The van der Waals surface area contributed by atoms with E-state index in [1.165, 1.54) is 0 Å². The highest BCUT2D eigenvalue weighted by Crippen LogP contribution is 1.99. The lowest BCUT2D eigenvalue weighted by Gasteiger charge is -1.90. The van der Waals surface area contributed by atoms with Gasteiger partial charge in [-0.25, -0.2) is 0 Å². The van der Waals surface area contributed by atoms with Crippen LogP contribution in [-0.4, -0.2) is 10.9 Å². The van der Waals surface area contributed by atoms with Crippen LogP contribution < -0.4 is 0 Å². The number of nitrogens with zero attached hydrogens (tertiary/aromatic N) is 1. The molecule has 1 heterocycles. The van der Waals surface area contributed by atoms with Crippen LogP contribution in [0.2, 0.25) is 0 Å². The number of unbranched alkanes of at least 4 members (excludes halogenated alkanes) is 1. The molecule has 0 fully saturated rings. The zero-order chi connectivity index (χ0) is 8.65. The van der Waals surface area contributed by atoms with Crippen molar-refractivity contribution in [3.8, 4) is 0 Å². The van der Waals surface area contributed by atoms with Crippen molar-refractivity contribution in [2.24, 2.45) is 0 Å². The highest BCUT2D eigenvalue weighted by atomic mass is 35.5. The molecule has 0 aliphatic carbocycles. The van der Waals surface area contributed by atoms with Gasteiger partial charge in [-0.3, -0.25) is 4.98 Å². The van der Waals surface area contributed by atoms with Crippen LogP contribution in [0.4, 0.5) is 0 Å². The number of rotatable bonds is 4. The van der Waals surface area contributed by atoms with Gasteiger partial charge in [-0.1, -0.05) is 12.1 Å². The summed E-state index contributed by atoms with van der Waals surface area (Å²) < 4.78 is 0. The molecule has 0 spiro atoms. The van der Waals surface area contributed by atoms with Crippen LogP contribution in [0.3, 0.4) is 0 Å². The molecule has 12 heavy (non-hydrogen) atoms. The second-order valence-electron chi connectivity index (χ2n) is 2.49. The molecule has 1 nitrogen and oxygen atoms in total. The lowest BCUT2D eigenvalue weighted by Crippen LogP contribution is -1.76. The van der Waals surface area contributed by atoms with E-state index in [0.717, 1.165) is 24.4 Å². The molecule has 0 radical (unpaired) electrons. The monoisotopic (exact) mass is 181 g/mol. The molecule has 2 heteroatoms. The van der Waals surface area contributed by atoms with Crippen molar-refractivity contribution in [3.63, 3.8) is 0 Å². The molecular weight excluding hydrogens is 170 g/mol. The van der Waals surface area contributed by atoms with E-state index in [1.807, 2.05) is 24.3 Å². The summed E-state index contributed by atoms with van der Waals surface area (Å²) in [7, 11) is 0. The summed E-state index contributed by atoms with van der Waals surface area (Å²) in [6, 6.07) is 5.88. The maximum Gasteiger partial charge on any atom is 0.0626 e. The molecule has 0 aliphatic rings. The average Bonchev–Trinajstić information content (AvgIpc) is 2.14. The van der Waals surface area contributed by atoms with Crippen LogP contribution in [-0.2, 0) is 0 Å². The fourth-order valence-corrected chi connectivity index (χ4v) is 1.03. The summed E-state index contributed by atoms with van der Waals surface area (Å²) in [4.78, 5) is 4.16. The van der Waals surface area contributed by atoms with Crippen molar-refractivity contribution in [2.75, 3.05) is 5.88 Å². The van der Waals surface area contributed by atoms with Crippen LogP contribution in [0.25, 0.3) is 6.08 Å². The first-order valence-electron chi connectivity index (χ1n) is 4.07. The quantitative estimate of drug-likeness (QED) is 0.514. The molecule has 0 saturated heterocycles. The van der Waals surface area contributed by atoms with Crippen LogP contribution in [0.5, 0.6) is 0 Å². The minimum atomic E-state index is 0.729. The van der Waals surface area contributed by atoms with Crippen LogP contribution >= 0.6 is 11.6 Å². The van der Waals surface area contributed by atoms with Crippen molar-refractivity contribution < 1.29 is 0 Å². The summed E-state index contributed by atoms with van der Waals surface area (Å²) in [5.74, 6) is 0.729. The Labute approximate surface area is 78.1 Å². The van der Waals surface area contributed by atoms with Gasteiger partial charge in [0.2, 0.25) is 0 Å². The van der Waals surface area contributed by atoms with E-state index in [0.29, 0.717) is 0 Å². The Balaban J connectivity index is 2.36. The number of hydrogen-bond donors (Lipinski definition) is 0. The van der Waals surface area contributed by atoms with Gasteiger partial charge in [0, 0.05) is 12.1 Å². The summed E-state index contributed by atoms with van der Waals surface area (Å²) >= 11 is 5.53. The first-order valence-corrected chi connectivity index (χ1v) is 4.60. The summed E-state index contributed by atoms with van der Waals surface area (Å²) in [5, 5.41) is 0. The molecule has 1 aromatic rings. The predicted octanol–water partition coefficient (Wildman–Crippen LogP) is 3.11. The topological polar surface area (TPSA) is 12.9 Å². The number of aromatic nitrogens is 1. The summed E-state index contributed by atoms with van der Waals surface area (Å²) in [6.07, 6.45) is 7.98. The van der Waals surface area contributed by atoms with Gasteiger partial charge in [-0.15, -0.1) is 11.6 Å². The number of allylic oxidation sites excluding steroid dienone is 1. The Morgan fingerprint density at radius 3 is 3.00 bits per heavy atom. The highest BCUT2D eigenvalue weighted by Gasteiger charge is 1.83. The van der Waals surface area contributed by atoms with E-state index in [-0.39, 0.29) is 0 Å². The van der Waals surface area contributed by atoms with Crippen molar-refractivity contribution in [2.45, 2.75) is 12.8 Å². The third kappa shape index (κ3) is 3.54. The van der Waals surface area contributed by atoms with E-state index >= 15 is 0 Å². The second kappa shape index (κ2) is 5.78. The van der Waals surface area contributed by atoms with E-state index in [2.05, 4.69) is 11.1 Å². The van der Waals surface area contributed by atoms with E-state index < -0.39 is 0 Å². The predicted molar refractivity (Wildman–Crippen MR) is 53.2 cm³/mol. The van der Waals surface area contributed by atoms with Crippen LogP contribution in [0.15, 0.2) is 30.5 Å². The maximum atomic E-state index is 5.53. The Bertz CT molecular complexity index is 231. The molecule has 0 aliphatic heterocycles. The Kier molecular flexibility index (Phi) is 4.47. The van der Waals surface area contributed by atoms with Gasteiger partial charge >= 0.3 is 0 Å². The molecule has 0 amide bonds. The number of hydrogen-bond acceptors (Lipinski definition) is 1. The standard InChI is InChI=1S/C10H12ClN/c11-8-4-1-2-6-10-7-3-5-9-12-10/h2-3,5-7,9H,1,4,8H2/b6-2+. The molecule has 0 unspecified atom stereocenters. The number of pyridine rings is 1. The first-order chi connectivity index (χ1) is 5.93. The van der Waals surface area contributed by atoms with Crippen molar-refractivity contribution in [1.29, 1.82) is 0 Å². The van der Waals surface area contributed by atoms with Crippen molar-refractivity contribution >= 4 is 17.7 Å². The van der Waals surface area contributed by atoms with Gasteiger partial charge in [0.1, 0.15) is 0 Å². The SMILES string of the molecule is ClCCC/C=C/c1ccccn1. The molecular formula is C10H12ClN. The van der Waals surface area contributed by atoms with Gasteiger partial charge in [0.05, 0.1) is 5.69 Å². The highest BCUT2D eigenvalue weighted by molar-refractivity contribution is 6.17. The molecule has 0 bridgehead atoms. The molecule has 1 aromatic heterocycles. The molecule has 0 N–H and O–H groups in total. The lowest BCUT2D eigenvalue weighted by molar-refractivity contribution is 0.969. The van der Waals surface area contributed by atoms with E-state index in [4.69, 9.17) is 11.6 Å². The molecule has 0 saturated carbocycles. The number of alkyl halides is 1. The van der Waals surface area contributed by atoms with E-state index in [9.17, 15) is 0 Å². The van der Waals surface area contributed by atoms with Crippen LogP contribution in [0.1, 0.15) is 18.5 Å². The normalized spacial score (nSPS) is 10.8. The summed E-state index contributed by atoms with van der Waals surface area (Å²) in [6.45, 7) is 0. The minimum Gasteiger partial charge on any atom is -0.257 e.